The zero-order valence-corrected chi connectivity index (χ0v) is 21.4. The van der Waals surface area contributed by atoms with Gasteiger partial charge in [0.05, 0.1) is 24.9 Å². The number of methoxy groups -OCH3 is 1. The van der Waals surface area contributed by atoms with Gasteiger partial charge in [-0.1, -0.05) is 24.3 Å². The number of fused-ring (bicyclic) bond motifs is 1. The molecule has 1 fully saturated rings. The van der Waals surface area contributed by atoms with Crippen LogP contribution >= 0.6 is 0 Å². The third-order valence-electron chi connectivity index (χ3n) is 6.96. The lowest BCUT2D eigenvalue weighted by Gasteiger charge is -2.28. The summed E-state index contributed by atoms with van der Waals surface area (Å²) < 4.78 is 26.7. The second-order valence-electron chi connectivity index (χ2n) is 9.53. The molecular formula is C29H30FN5O3. The summed E-state index contributed by atoms with van der Waals surface area (Å²) in [5, 5.41) is 3.74. The monoisotopic (exact) mass is 515 g/mol. The molecule has 9 heteroatoms. The van der Waals surface area contributed by atoms with E-state index in [0.717, 1.165) is 25.9 Å². The maximum Gasteiger partial charge on any atom is 0.249 e. The number of nitrogens with two attached hydrogens (primary N) is 1. The molecule has 0 spiro atoms. The minimum Gasteiger partial charge on any atom is -0.493 e. The molecule has 8 nitrogen and oxygen atoms in total. The van der Waals surface area contributed by atoms with Crippen LogP contribution in [0.2, 0.25) is 0 Å². The van der Waals surface area contributed by atoms with Crippen molar-refractivity contribution < 1.29 is 18.7 Å². The Labute approximate surface area is 220 Å². The highest BCUT2D eigenvalue weighted by Crippen LogP contribution is 2.36. The minimum atomic E-state index is -0.554. The maximum atomic E-state index is 14.9. The molecule has 0 saturated carbocycles. The van der Waals surface area contributed by atoms with E-state index in [4.69, 9.17) is 15.2 Å². The van der Waals surface area contributed by atoms with Crippen molar-refractivity contribution in [3.8, 4) is 22.6 Å². The third-order valence-corrected chi connectivity index (χ3v) is 6.96. The highest BCUT2D eigenvalue weighted by atomic mass is 19.1. The van der Waals surface area contributed by atoms with Gasteiger partial charge in [-0.15, -0.1) is 0 Å². The first-order chi connectivity index (χ1) is 18.4. The van der Waals surface area contributed by atoms with Gasteiger partial charge in [0.15, 0.2) is 11.5 Å². The van der Waals surface area contributed by atoms with E-state index in [9.17, 15) is 9.18 Å². The van der Waals surface area contributed by atoms with Crippen molar-refractivity contribution in [3.05, 3.63) is 72.3 Å². The van der Waals surface area contributed by atoms with E-state index in [1.54, 1.807) is 49.6 Å². The number of ether oxygens (including phenoxy) is 2. The molecule has 1 amide bonds. The standard InChI is InChI=1S/C29H30FN5O3/c1-35-11-9-18(10-12-35)16-38-27-15-24-22(14-26(27)37-2)29(33-17-32-24)34-25-13-19(7-8-23(25)30)20-5-3-4-6-21(20)28(31)36/h3-8,13-15,17-18H,9-12,16H2,1-2H3,(H2,31,36)(H,32,33,34). The molecule has 0 radical (unpaired) electrons. The van der Waals surface area contributed by atoms with Crippen LogP contribution in [0.5, 0.6) is 11.5 Å². The number of primary amides is 1. The minimum absolute atomic E-state index is 0.198. The van der Waals surface area contributed by atoms with E-state index in [1.165, 1.54) is 12.4 Å². The van der Waals surface area contributed by atoms with Gasteiger partial charge in [0.2, 0.25) is 5.91 Å². The fourth-order valence-electron chi connectivity index (χ4n) is 4.74. The quantitative estimate of drug-likeness (QED) is 0.340. The number of likely N-dealkylation sites (tertiary alicyclic amines) is 1. The molecule has 3 aromatic carbocycles. The highest BCUT2D eigenvalue weighted by Gasteiger charge is 2.19. The molecule has 2 heterocycles. The predicted octanol–water partition coefficient (Wildman–Crippen LogP) is 5.01. The number of nitrogens with one attached hydrogen (secondary N) is 1. The fourth-order valence-corrected chi connectivity index (χ4v) is 4.74. The molecule has 196 valence electrons. The number of piperidine rings is 1. The summed E-state index contributed by atoms with van der Waals surface area (Å²) >= 11 is 0. The summed E-state index contributed by atoms with van der Waals surface area (Å²) in [4.78, 5) is 23.0. The SMILES string of the molecule is COc1cc2c(Nc3cc(-c4ccccc4C(N)=O)ccc3F)ncnc2cc1OCC1CCN(C)CC1. The second kappa shape index (κ2) is 11.0. The second-order valence-corrected chi connectivity index (χ2v) is 9.53. The van der Waals surface area contributed by atoms with Gasteiger partial charge in [-0.3, -0.25) is 4.79 Å². The Morgan fingerprint density at radius 2 is 1.89 bits per heavy atom. The van der Waals surface area contributed by atoms with Gasteiger partial charge < -0.3 is 25.4 Å². The van der Waals surface area contributed by atoms with Crippen LogP contribution in [0.1, 0.15) is 23.2 Å². The van der Waals surface area contributed by atoms with Crippen LogP contribution in [-0.4, -0.2) is 54.6 Å². The molecule has 0 bridgehead atoms. The van der Waals surface area contributed by atoms with Crippen molar-refractivity contribution >= 4 is 28.3 Å². The number of halogens is 1. The van der Waals surface area contributed by atoms with Gasteiger partial charge in [0.25, 0.3) is 0 Å². The van der Waals surface area contributed by atoms with E-state index in [0.29, 0.717) is 57.4 Å². The lowest BCUT2D eigenvalue weighted by molar-refractivity contribution is 0.100. The number of carbonyl (C=O) groups excluding carboxylic acids is 1. The molecule has 38 heavy (non-hydrogen) atoms. The summed E-state index contributed by atoms with van der Waals surface area (Å²) in [5.41, 5.74) is 7.99. The van der Waals surface area contributed by atoms with Crippen LogP contribution in [0.15, 0.2) is 60.9 Å². The Kier molecular flexibility index (Phi) is 7.37. The topological polar surface area (TPSA) is 103 Å². The van der Waals surface area contributed by atoms with Crippen LogP contribution in [-0.2, 0) is 0 Å². The third kappa shape index (κ3) is 5.38. The van der Waals surface area contributed by atoms with Gasteiger partial charge >= 0.3 is 0 Å². The molecule has 0 aliphatic carbocycles. The average Bonchev–Trinajstić information content (AvgIpc) is 2.93. The normalized spacial score (nSPS) is 14.4. The molecule has 3 N–H and O–H groups in total. The fraction of sp³-hybridized carbons (Fsp3) is 0.276. The Morgan fingerprint density at radius 3 is 2.66 bits per heavy atom. The number of nitrogens with zero attached hydrogens (tertiary/aromatic N) is 3. The smallest absolute Gasteiger partial charge is 0.249 e. The van der Waals surface area contributed by atoms with Crippen LogP contribution in [0.4, 0.5) is 15.9 Å². The van der Waals surface area contributed by atoms with Gasteiger partial charge in [-0.05, 0) is 74.3 Å². The first-order valence-corrected chi connectivity index (χ1v) is 12.5. The molecule has 5 rings (SSSR count). The van der Waals surface area contributed by atoms with Crippen molar-refractivity contribution in [2.24, 2.45) is 11.7 Å². The van der Waals surface area contributed by atoms with Crippen molar-refractivity contribution in [1.29, 1.82) is 0 Å². The molecule has 1 aromatic heterocycles. The molecule has 0 unspecified atom stereocenters. The Hall–Kier alpha value is -4.24. The molecule has 0 atom stereocenters. The van der Waals surface area contributed by atoms with Gasteiger partial charge in [0.1, 0.15) is 18.0 Å². The molecule has 1 aliphatic heterocycles. The number of hydrogen-bond donors (Lipinski definition) is 2. The van der Waals surface area contributed by atoms with Crippen molar-refractivity contribution in [2.75, 3.05) is 39.2 Å². The van der Waals surface area contributed by atoms with Crippen LogP contribution < -0.4 is 20.5 Å². The Bertz CT molecular complexity index is 1470. The maximum absolute atomic E-state index is 14.9. The number of amides is 1. The van der Waals surface area contributed by atoms with Gasteiger partial charge in [-0.2, -0.15) is 0 Å². The molecular weight excluding hydrogens is 485 g/mol. The predicted molar refractivity (Wildman–Crippen MR) is 145 cm³/mol. The summed E-state index contributed by atoms with van der Waals surface area (Å²) in [5.74, 6) is 1.04. The molecule has 4 aromatic rings. The largest absolute Gasteiger partial charge is 0.493 e. The number of rotatable bonds is 8. The van der Waals surface area contributed by atoms with E-state index >= 15 is 0 Å². The summed E-state index contributed by atoms with van der Waals surface area (Å²) in [6.07, 6.45) is 3.61. The van der Waals surface area contributed by atoms with E-state index in [-0.39, 0.29) is 5.69 Å². The number of hydrogen-bond acceptors (Lipinski definition) is 7. The lowest BCUT2D eigenvalue weighted by atomic mass is 9.98. The number of benzene rings is 3. The van der Waals surface area contributed by atoms with E-state index in [1.807, 2.05) is 6.07 Å². The van der Waals surface area contributed by atoms with E-state index < -0.39 is 11.7 Å². The zero-order valence-electron chi connectivity index (χ0n) is 21.4. The number of anilines is 2. The van der Waals surface area contributed by atoms with Crippen LogP contribution in [0.3, 0.4) is 0 Å². The Balaban J connectivity index is 1.44. The van der Waals surface area contributed by atoms with Crippen molar-refractivity contribution in [3.63, 3.8) is 0 Å². The van der Waals surface area contributed by atoms with E-state index in [2.05, 4.69) is 27.2 Å². The highest BCUT2D eigenvalue weighted by molar-refractivity contribution is 6.00. The number of carbonyl (C=O) groups is 1. The van der Waals surface area contributed by atoms with Crippen molar-refractivity contribution in [2.45, 2.75) is 12.8 Å². The number of aromatic nitrogens is 2. The molecule has 1 aliphatic rings. The molecule has 1 saturated heterocycles. The first kappa shape index (κ1) is 25.4. The summed E-state index contributed by atoms with van der Waals surface area (Å²) in [6, 6.07) is 15.2. The summed E-state index contributed by atoms with van der Waals surface area (Å²) in [7, 11) is 3.72. The zero-order chi connectivity index (χ0) is 26.6. The van der Waals surface area contributed by atoms with Crippen molar-refractivity contribution in [1.82, 2.24) is 14.9 Å². The van der Waals surface area contributed by atoms with Gasteiger partial charge in [0, 0.05) is 17.0 Å². The van der Waals surface area contributed by atoms with Crippen LogP contribution in [0, 0.1) is 11.7 Å². The van der Waals surface area contributed by atoms with Crippen LogP contribution in [0.25, 0.3) is 22.0 Å². The lowest BCUT2D eigenvalue weighted by Crippen LogP contribution is -2.32. The first-order valence-electron chi connectivity index (χ1n) is 12.5. The average molecular weight is 516 g/mol. The Morgan fingerprint density at radius 1 is 1.11 bits per heavy atom. The summed E-state index contributed by atoms with van der Waals surface area (Å²) in [6.45, 7) is 2.74. The van der Waals surface area contributed by atoms with Gasteiger partial charge in [-0.25, -0.2) is 14.4 Å².